The molecule has 28 heavy (non-hydrogen) atoms. The second-order valence-corrected chi connectivity index (χ2v) is 6.24. The minimum Gasteiger partial charge on any atom is -0.463 e. The number of ether oxygens (including phenoxy) is 1. The van der Waals surface area contributed by atoms with Crippen LogP contribution in [0.3, 0.4) is 0 Å². The highest BCUT2D eigenvalue weighted by Gasteiger charge is 2.23. The fraction of sp³-hybridized carbons (Fsp3) is 0.182. The first-order valence-electron chi connectivity index (χ1n) is 8.85. The highest BCUT2D eigenvalue weighted by Crippen LogP contribution is 2.28. The lowest BCUT2D eigenvalue weighted by molar-refractivity contribution is -0.137. The molecule has 0 saturated carbocycles. The molecule has 0 atom stereocenters. The largest absolute Gasteiger partial charge is 0.463 e. The third kappa shape index (κ3) is 4.15. The third-order valence-electron chi connectivity index (χ3n) is 4.40. The fourth-order valence-electron chi connectivity index (χ4n) is 3.01. The predicted molar refractivity (Wildman–Crippen MR) is 104 cm³/mol. The average molecular weight is 374 g/mol. The number of ketones is 1. The van der Waals surface area contributed by atoms with Gasteiger partial charge in [0.1, 0.15) is 0 Å². The third-order valence-corrected chi connectivity index (χ3v) is 4.40. The Balaban J connectivity index is 1.75. The van der Waals surface area contributed by atoms with Crippen LogP contribution in [0.2, 0.25) is 0 Å². The van der Waals surface area contributed by atoms with Crippen molar-refractivity contribution in [1.29, 1.82) is 0 Å². The topological polar surface area (TPSA) is 76.8 Å². The summed E-state index contributed by atoms with van der Waals surface area (Å²) in [4.78, 5) is 39.9. The van der Waals surface area contributed by atoms with Gasteiger partial charge in [0.15, 0.2) is 11.5 Å². The Labute approximate surface area is 162 Å². The van der Waals surface area contributed by atoms with E-state index in [0.29, 0.717) is 40.9 Å². The van der Waals surface area contributed by atoms with Crippen molar-refractivity contribution in [3.05, 3.63) is 82.2 Å². The van der Waals surface area contributed by atoms with Crippen LogP contribution in [-0.4, -0.2) is 24.3 Å². The summed E-state index contributed by atoms with van der Waals surface area (Å²) in [5.41, 5.74) is 3.29. The number of hydrogen-bond donors (Lipinski definition) is 1. The van der Waals surface area contributed by atoms with E-state index < -0.39 is 5.97 Å². The number of esters is 1. The Morgan fingerprint density at radius 1 is 1.18 bits per heavy atom. The van der Waals surface area contributed by atoms with Crippen molar-refractivity contribution < 1.29 is 19.1 Å². The van der Waals surface area contributed by atoms with E-state index in [9.17, 15) is 14.4 Å². The van der Waals surface area contributed by atoms with Gasteiger partial charge in [-0.3, -0.25) is 9.59 Å². The maximum Gasteiger partial charge on any atom is 0.331 e. The van der Waals surface area contributed by atoms with Crippen molar-refractivity contribution in [2.45, 2.75) is 19.8 Å². The smallest absolute Gasteiger partial charge is 0.331 e. The summed E-state index contributed by atoms with van der Waals surface area (Å²) in [5, 5.41) is 2.80. The minimum absolute atomic E-state index is 0.193. The molecule has 0 fully saturated rings. The molecule has 140 valence electrons. The van der Waals surface area contributed by atoms with Gasteiger partial charge in [-0.25, -0.2) is 9.64 Å². The first-order chi connectivity index (χ1) is 13.5. The molecular formula is C22H18N2O4. The van der Waals surface area contributed by atoms with Crippen LogP contribution in [0.5, 0.6) is 0 Å². The van der Waals surface area contributed by atoms with E-state index in [2.05, 4.69) is 10.2 Å². The van der Waals surface area contributed by atoms with Crippen LogP contribution in [0.15, 0.2) is 54.1 Å². The van der Waals surface area contributed by atoms with Crippen LogP contribution in [0.25, 0.3) is 4.85 Å². The number of benzene rings is 2. The number of carbonyl (C=O) groups excluding carboxylic acids is 3. The van der Waals surface area contributed by atoms with Gasteiger partial charge in [-0.05, 0) is 43.5 Å². The molecule has 0 unspecified atom stereocenters. The lowest BCUT2D eigenvalue weighted by Crippen LogP contribution is -2.17. The van der Waals surface area contributed by atoms with E-state index in [1.807, 2.05) is 0 Å². The van der Waals surface area contributed by atoms with Crippen molar-refractivity contribution in [3.8, 4) is 0 Å². The highest BCUT2D eigenvalue weighted by atomic mass is 16.5. The number of aryl methyl sites for hydroxylation is 1. The van der Waals surface area contributed by atoms with Crippen molar-refractivity contribution in [3.63, 3.8) is 0 Å². The number of nitrogens with one attached hydrogen (secondary N) is 1. The van der Waals surface area contributed by atoms with Gasteiger partial charge < -0.3 is 10.1 Å². The van der Waals surface area contributed by atoms with E-state index in [1.54, 1.807) is 49.4 Å². The molecule has 0 aromatic heterocycles. The Morgan fingerprint density at radius 3 is 2.61 bits per heavy atom. The normalized spacial score (nSPS) is 14.1. The lowest BCUT2D eigenvalue weighted by Gasteiger charge is -2.18. The fourth-order valence-corrected chi connectivity index (χ4v) is 3.01. The van der Waals surface area contributed by atoms with Gasteiger partial charge in [-0.15, -0.1) is 0 Å². The SMILES string of the molecule is [C-]#[N+]c1ccc(C(=O)Nc2ccc3c(c2)CCC(=CC(=O)OCC)C3=O)cc1. The molecule has 3 rings (SSSR count). The summed E-state index contributed by atoms with van der Waals surface area (Å²) in [5.74, 6) is -0.995. The van der Waals surface area contributed by atoms with Gasteiger partial charge in [0.2, 0.25) is 0 Å². The molecule has 1 N–H and O–H groups in total. The van der Waals surface area contributed by atoms with E-state index in [1.165, 1.54) is 6.08 Å². The van der Waals surface area contributed by atoms with Crippen molar-refractivity contribution in [2.75, 3.05) is 11.9 Å². The zero-order chi connectivity index (χ0) is 20.1. The molecule has 2 aromatic carbocycles. The Kier molecular flexibility index (Phi) is 5.66. The van der Waals surface area contributed by atoms with E-state index in [-0.39, 0.29) is 18.3 Å². The van der Waals surface area contributed by atoms with Gasteiger partial charge in [-0.2, -0.15) is 0 Å². The molecule has 6 nitrogen and oxygen atoms in total. The first kappa shape index (κ1) is 19.1. The summed E-state index contributed by atoms with van der Waals surface area (Å²) < 4.78 is 4.87. The number of hydrogen-bond acceptors (Lipinski definition) is 4. The minimum atomic E-state index is -0.512. The second-order valence-electron chi connectivity index (χ2n) is 6.24. The van der Waals surface area contributed by atoms with E-state index >= 15 is 0 Å². The summed E-state index contributed by atoms with van der Waals surface area (Å²) in [6.07, 6.45) is 2.30. The molecule has 0 spiro atoms. The molecule has 1 aliphatic carbocycles. The number of fused-ring (bicyclic) bond motifs is 1. The number of allylic oxidation sites excluding steroid dienone is 1. The number of rotatable bonds is 4. The van der Waals surface area contributed by atoms with Crippen LogP contribution < -0.4 is 5.32 Å². The van der Waals surface area contributed by atoms with Crippen molar-refractivity contribution in [2.24, 2.45) is 0 Å². The van der Waals surface area contributed by atoms with Crippen LogP contribution in [0.1, 0.15) is 39.6 Å². The van der Waals surface area contributed by atoms with Gasteiger partial charge in [0, 0.05) is 28.5 Å². The number of nitrogens with zero attached hydrogens (tertiary/aromatic N) is 1. The van der Waals surface area contributed by atoms with E-state index in [4.69, 9.17) is 11.3 Å². The number of carbonyl (C=O) groups is 3. The van der Waals surface area contributed by atoms with Gasteiger partial charge in [0.25, 0.3) is 5.91 Å². The second kappa shape index (κ2) is 8.31. The lowest BCUT2D eigenvalue weighted by atomic mass is 9.86. The Hall–Kier alpha value is -3.72. The highest BCUT2D eigenvalue weighted by molar-refractivity contribution is 6.13. The predicted octanol–water partition coefficient (Wildman–Crippen LogP) is 4.11. The molecule has 0 aliphatic heterocycles. The molecule has 0 bridgehead atoms. The van der Waals surface area contributed by atoms with Crippen LogP contribution in [0, 0.1) is 6.57 Å². The van der Waals surface area contributed by atoms with Gasteiger partial charge >= 0.3 is 5.97 Å². The van der Waals surface area contributed by atoms with Crippen molar-refractivity contribution >= 4 is 29.0 Å². The zero-order valence-corrected chi connectivity index (χ0v) is 15.3. The number of Topliss-reactive ketones (excluding diaryl/α,β-unsaturated/α-hetero) is 1. The van der Waals surface area contributed by atoms with Crippen molar-refractivity contribution in [1.82, 2.24) is 0 Å². The standard InChI is InChI=1S/C22H18N2O4/c1-3-28-20(25)13-16-5-4-15-12-18(10-11-19(15)21(16)26)24-22(27)14-6-8-17(23-2)9-7-14/h6-13H,3-5H2,1H3,(H,24,27). The first-order valence-corrected chi connectivity index (χ1v) is 8.85. The number of anilines is 1. The maximum absolute atomic E-state index is 12.6. The summed E-state index contributed by atoms with van der Waals surface area (Å²) >= 11 is 0. The Bertz CT molecular complexity index is 1010. The zero-order valence-electron chi connectivity index (χ0n) is 15.3. The molecule has 0 radical (unpaired) electrons. The molecular weight excluding hydrogens is 356 g/mol. The van der Waals surface area contributed by atoms with E-state index in [0.717, 1.165) is 5.56 Å². The summed E-state index contributed by atoms with van der Waals surface area (Å²) in [6, 6.07) is 11.5. The molecule has 2 aromatic rings. The van der Waals surface area contributed by atoms with Gasteiger partial charge in [-0.1, -0.05) is 24.3 Å². The maximum atomic E-state index is 12.6. The molecule has 1 aliphatic rings. The van der Waals surface area contributed by atoms with Crippen LogP contribution in [-0.2, 0) is 16.0 Å². The van der Waals surface area contributed by atoms with Gasteiger partial charge in [0.05, 0.1) is 13.2 Å². The monoisotopic (exact) mass is 374 g/mol. The summed E-state index contributed by atoms with van der Waals surface area (Å²) in [7, 11) is 0. The number of amides is 1. The molecule has 0 heterocycles. The average Bonchev–Trinajstić information content (AvgIpc) is 2.70. The quantitative estimate of drug-likeness (QED) is 0.496. The summed E-state index contributed by atoms with van der Waals surface area (Å²) in [6.45, 7) is 8.92. The molecule has 6 heteroatoms. The molecule has 1 amide bonds. The van der Waals surface area contributed by atoms with Crippen LogP contribution >= 0.6 is 0 Å². The Morgan fingerprint density at radius 2 is 1.93 bits per heavy atom. The van der Waals surface area contributed by atoms with Crippen LogP contribution in [0.4, 0.5) is 11.4 Å². The molecule has 0 saturated heterocycles.